The summed E-state index contributed by atoms with van der Waals surface area (Å²) in [5, 5.41) is 0. The smallest absolute Gasteiger partial charge is 0.0621 e. The molecule has 0 N–H and O–H groups in total. The van der Waals surface area contributed by atoms with Crippen molar-refractivity contribution in [2.45, 2.75) is 82.8 Å². The second kappa shape index (κ2) is 6.82. The van der Waals surface area contributed by atoms with Crippen molar-refractivity contribution in [3.05, 3.63) is 76.4 Å². The molecular weight excluding hydrogens is 376 g/mol. The van der Waals surface area contributed by atoms with Crippen molar-refractivity contribution in [2.75, 3.05) is 0 Å². The summed E-state index contributed by atoms with van der Waals surface area (Å²) in [6.45, 7) is 14.1. The first-order chi connectivity index (χ1) is 14.1. The highest BCUT2D eigenvalue weighted by Crippen LogP contribution is 2.54. The van der Waals surface area contributed by atoms with E-state index in [0.717, 1.165) is 6.42 Å². The Balaban J connectivity index is 1.80. The maximum absolute atomic E-state index is 2.55. The van der Waals surface area contributed by atoms with Crippen molar-refractivity contribution >= 4 is 14.4 Å². The average Bonchev–Trinajstić information content (AvgIpc) is 3.25. The molecule has 155 valence electrons. The summed E-state index contributed by atoms with van der Waals surface area (Å²) < 4.78 is 0. The highest BCUT2D eigenvalue weighted by atomic mass is 28.3. The zero-order valence-electron chi connectivity index (χ0n) is 19.5. The van der Waals surface area contributed by atoms with Gasteiger partial charge in [0.05, 0.1) is 8.80 Å². The third kappa shape index (κ3) is 3.17. The molecule has 5 rings (SSSR count). The van der Waals surface area contributed by atoms with Crippen LogP contribution in [0, 0.1) is 0 Å². The minimum Gasteiger partial charge on any atom is -0.0801 e. The highest BCUT2D eigenvalue weighted by molar-refractivity contribution is 6.64. The van der Waals surface area contributed by atoms with Gasteiger partial charge in [0.1, 0.15) is 0 Å². The molecule has 1 unspecified atom stereocenters. The summed E-state index contributed by atoms with van der Waals surface area (Å²) in [5.74, 6) is 0. The van der Waals surface area contributed by atoms with Crippen molar-refractivity contribution in [1.82, 2.24) is 0 Å². The van der Waals surface area contributed by atoms with E-state index in [1.807, 2.05) is 0 Å². The molecule has 0 bridgehead atoms. The Kier molecular flexibility index (Phi) is 4.56. The fraction of sp³-hybridized carbons (Fsp3) is 0.448. The molecule has 0 amide bonds. The Labute approximate surface area is 184 Å². The third-order valence-electron chi connectivity index (χ3n) is 7.38. The second-order valence-electron chi connectivity index (χ2n) is 11.6. The molecule has 1 heteroatoms. The quantitative estimate of drug-likeness (QED) is 0.437. The van der Waals surface area contributed by atoms with Crippen LogP contribution >= 0.6 is 0 Å². The van der Waals surface area contributed by atoms with Gasteiger partial charge in [0, 0.05) is 5.54 Å². The van der Waals surface area contributed by atoms with Gasteiger partial charge in [-0.1, -0.05) is 109 Å². The summed E-state index contributed by atoms with van der Waals surface area (Å²) in [4.78, 5) is 0. The molecule has 30 heavy (non-hydrogen) atoms. The summed E-state index contributed by atoms with van der Waals surface area (Å²) in [6, 6.07) is 15.5. The lowest BCUT2D eigenvalue weighted by molar-refractivity contribution is 0.589. The molecular formula is C29H35Si. The van der Waals surface area contributed by atoms with E-state index >= 15 is 0 Å². The molecule has 0 spiro atoms. The van der Waals surface area contributed by atoms with E-state index in [9.17, 15) is 0 Å². The van der Waals surface area contributed by atoms with Crippen LogP contribution in [0.3, 0.4) is 0 Å². The molecule has 1 radical (unpaired) electrons. The third-order valence-corrected chi connectivity index (χ3v) is 10.8. The lowest BCUT2D eigenvalue weighted by Crippen LogP contribution is -2.30. The molecule has 3 aliphatic rings. The van der Waals surface area contributed by atoms with Crippen molar-refractivity contribution in [1.29, 1.82) is 0 Å². The zero-order valence-corrected chi connectivity index (χ0v) is 20.5. The second-order valence-corrected chi connectivity index (χ2v) is 14.4. The summed E-state index contributed by atoms with van der Waals surface area (Å²) in [6.07, 6.45) is 9.45. The first-order valence-electron chi connectivity index (χ1n) is 11.7. The van der Waals surface area contributed by atoms with Gasteiger partial charge in [-0.2, -0.15) is 0 Å². The SMILES string of the molecule is CC(C)(C)c1ccc2c(c1)-c1cc(C(C)(C)C)cc(C3=CC=CC3)c1C2[Si]1CCC1. The van der Waals surface area contributed by atoms with Crippen LogP contribution in [0.1, 0.15) is 87.7 Å². The van der Waals surface area contributed by atoms with Gasteiger partial charge in [-0.25, -0.2) is 0 Å². The summed E-state index contributed by atoms with van der Waals surface area (Å²) in [5.41, 5.74) is 13.4. The Morgan fingerprint density at radius 3 is 2.03 bits per heavy atom. The molecule has 1 heterocycles. The number of hydrogen-bond donors (Lipinski definition) is 0. The molecule has 2 aromatic rings. The zero-order chi connectivity index (χ0) is 21.3. The molecule has 1 fully saturated rings. The first-order valence-corrected chi connectivity index (χ1v) is 13.7. The fourth-order valence-electron chi connectivity index (χ4n) is 5.29. The lowest BCUT2D eigenvalue weighted by atomic mass is 9.81. The van der Waals surface area contributed by atoms with Gasteiger partial charge in [-0.15, -0.1) is 0 Å². The van der Waals surface area contributed by atoms with E-state index in [4.69, 9.17) is 0 Å². The van der Waals surface area contributed by atoms with Crippen LogP contribution in [-0.4, -0.2) is 8.80 Å². The van der Waals surface area contributed by atoms with Gasteiger partial charge in [0.15, 0.2) is 0 Å². The molecule has 0 nitrogen and oxygen atoms in total. The van der Waals surface area contributed by atoms with Crippen LogP contribution in [0.4, 0.5) is 0 Å². The van der Waals surface area contributed by atoms with Gasteiger partial charge in [-0.3, -0.25) is 0 Å². The number of allylic oxidation sites excluding steroid dienone is 4. The van der Waals surface area contributed by atoms with E-state index in [-0.39, 0.29) is 19.6 Å². The van der Waals surface area contributed by atoms with Gasteiger partial charge in [0.25, 0.3) is 0 Å². The first kappa shape index (κ1) is 20.1. The summed E-state index contributed by atoms with van der Waals surface area (Å²) >= 11 is 0. The van der Waals surface area contributed by atoms with E-state index in [0.29, 0.717) is 5.54 Å². The van der Waals surface area contributed by atoms with Crippen molar-refractivity contribution in [3.8, 4) is 11.1 Å². The molecule has 0 aromatic heterocycles. The summed E-state index contributed by atoms with van der Waals surface area (Å²) in [7, 11) is -0.344. The van der Waals surface area contributed by atoms with Crippen molar-refractivity contribution in [2.24, 2.45) is 0 Å². The van der Waals surface area contributed by atoms with E-state index in [1.165, 1.54) is 40.8 Å². The van der Waals surface area contributed by atoms with Crippen molar-refractivity contribution < 1.29 is 0 Å². The molecule has 1 atom stereocenters. The van der Waals surface area contributed by atoms with Crippen molar-refractivity contribution in [3.63, 3.8) is 0 Å². The topological polar surface area (TPSA) is 0 Å². The largest absolute Gasteiger partial charge is 0.0801 e. The molecule has 1 aliphatic heterocycles. The fourth-order valence-corrected chi connectivity index (χ4v) is 8.04. The maximum atomic E-state index is 2.55. The van der Waals surface area contributed by atoms with E-state index in [1.54, 1.807) is 22.3 Å². The minimum absolute atomic E-state index is 0.154. The standard InChI is InChI=1S/C29H35Si/c1-28(2,3)20-12-13-22-24(16-20)25-18-21(29(4,5)6)17-23(19-10-7-8-11-19)26(25)27(22)30-14-9-15-30/h7-8,10,12-13,16-18,27H,9,11,14-15H2,1-6H3. The minimum atomic E-state index is -0.344. The molecule has 0 saturated carbocycles. The number of benzene rings is 2. The Hall–Kier alpha value is -1.86. The predicted molar refractivity (Wildman–Crippen MR) is 133 cm³/mol. The molecule has 2 aliphatic carbocycles. The average molecular weight is 412 g/mol. The van der Waals surface area contributed by atoms with Crippen LogP contribution in [0.5, 0.6) is 0 Å². The van der Waals surface area contributed by atoms with Gasteiger partial charge < -0.3 is 0 Å². The van der Waals surface area contributed by atoms with Crippen LogP contribution in [-0.2, 0) is 10.8 Å². The van der Waals surface area contributed by atoms with Crippen LogP contribution < -0.4 is 0 Å². The predicted octanol–water partition coefficient (Wildman–Crippen LogP) is 8.17. The number of fused-ring (bicyclic) bond motifs is 3. The van der Waals surface area contributed by atoms with Crippen LogP contribution in [0.25, 0.3) is 16.7 Å². The van der Waals surface area contributed by atoms with Gasteiger partial charge >= 0.3 is 0 Å². The monoisotopic (exact) mass is 411 g/mol. The molecule has 1 saturated heterocycles. The van der Waals surface area contributed by atoms with Crippen LogP contribution in [0.2, 0.25) is 12.1 Å². The normalized spacial score (nSPS) is 20.7. The Bertz CT molecular complexity index is 1060. The van der Waals surface area contributed by atoms with Gasteiger partial charge in [0.2, 0.25) is 0 Å². The van der Waals surface area contributed by atoms with Gasteiger partial charge in [-0.05, 0) is 61.8 Å². The Morgan fingerprint density at radius 2 is 1.47 bits per heavy atom. The Morgan fingerprint density at radius 1 is 0.800 bits per heavy atom. The van der Waals surface area contributed by atoms with E-state index in [2.05, 4.69) is 90.1 Å². The highest BCUT2D eigenvalue weighted by Gasteiger charge is 2.41. The van der Waals surface area contributed by atoms with Crippen LogP contribution in [0.15, 0.2) is 48.6 Å². The lowest BCUT2D eigenvalue weighted by Gasteiger charge is -2.33. The maximum Gasteiger partial charge on any atom is 0.0621 e. The van der Waals surface area contributed by atoms with E-state index < -0.39 is 0 Å². The number of hydrogen-bond acceptors (Lipinski definition) is 0. The number of rotatable bonds is 2. The molecule has 2 aromatic carbocycles.